The first-order chi connectivity index (χ1) is 6.69. The molecule has 1 aromatic rings. The monoisotopic (exact) mass is 196 g/mol. The van der Waals surface area contributed by atoms with Crippen molar-refractivity contribution in [2.24, 2.45) is 0 Å². The number of hydrogen-bond donors (Lipinski definition) is 1. The van der Waals surface area contributed by atoms with Crippen molar-refractivity contribution < 1.29 is 9.84 Å². The maximum absolute atomic E-state index is 8.99. The fourth-order valence-electron chi connectivity index (χ4n) is 1.06. The third-order valence-electron chi connectivity index (χ3n) is 2.20. The van der Waals surface area contributed by atoms with Crippen LogP contribution in [0.25, 0.3) is 0 Å². The lowest BCUT2D eigenvalue weighted by molar-refractivity contribution is 0.269. The van der Waals surface area contributed by atoms with Crippen LogP contribution in [0, 0.1) is 0 Å². The van der Waals surface area contributed by atoms with Crippen LogP contribution in [0.1, 0.15) is 6.92 Å². The third kappa shape index (κ3) is 2.35. The molecule has 0 aliphatic heterocycles. The van der Waals surface area contributed by atoms with Gasteiger partial charge in [0, 0.05) is 13.1 Å². The van der Waals surface area contributed by atoms with Crippen LogP contribution < -0.4 is 9.64 Å². The molecule has 0 saturated heterocycles. The maximum atomic E-state index is 8.99. The van der Waals surface area contributed by atoms with Crippen LogP contribution in [-0.4, -0.2) is 36.9 Å². The Balaban J connectivity index is 2.83. The van der Waals surface area contributed by atoms with Crippen LogP contribution in [0.15, 0.2) is 18.2 Å². The molecule has 14 heavy (non-hydrogen) atoms. The van der Waals surface area contributed by atoms with Crippen molar-refractivity contribution in [3.05, 3.63) is 18.2 Å². The molecule has 1 heterocycles. The van der Waals surface area contributed by atoms with Gasteiger partial charge in [-0.3, -0.25) is 0 Å². The van der Waals surface area contributed by atoms with Gasteiger partial charge < -0.3 is 14.7 Å². The number of methoxy groups -OCH3 is 1. The Labute approximate surface area is 84.1 Å². The summed E-state index contributed by atoms with van der Waals surface area (Å²) in [6.45, 7) is 2.04. The Morgan fingerprint density at radius 2 is 2.29 bits per heavy atom. The quantitative estimate of drug-likeness (QED) is 0.777. The van der Waals surface area contributed by atoms with Crippen molar-refractivity contribution in [1.82, 2.24) is 4.98 Å². The first-order valence-corrected chi connectivity index (χ1v) is 4.53. The van der Waals surface area contributed by atoms with E-state index in [-0.39, 0.29) is 12.6 Å². The third-order valence-corrected chi connectivity index (χ3v) is 2.20. The molecule has 0 aromatic carbocycles. The summed E-state index contributed by atoms with van der Waals surface area (Å²) in [7, 11) is 3.48. The number of aromatic nitrogens is 1. The number of likely N-dealkylation sites (N-methyl/N-ethyl adjacent to an activating group) is 1. The van der Waals surface area contributed by atoms with Gasteiger partial charge in [-0.15, -0.1) is 0 Å². The molecule has 0 radical (unpaired) electrons. The number of aliphatic hydroxyl groups excluding tert-OH is 1. The van der Waals surface area contributed by atoms with E-state index in [1.165, 1.54) is 0 Å². The molecule has 1 rings (SSSR count). The molecule has 0 bridgehead atoms. The first-order valence-electron chi connectivity index (χ1n) is 4.53. The SMILES string of the molecule is COc1cccc(N(C)C(C)CO)n1. The van der Waals surface area contributed by atoms with Gasteiger partial charge >= 0.3 is 0 Å². The Morgan fingerprint density at radius 1 is 1.57 bits per heavy atom. The highest BCUT2D eigenvalue weighted by atomic mass is 16.5. The summed E-state index contributed by atoms with van der Waals surface area (Å²) in [5, 5.41) is 8.99. The predicted molar refractivity (Wildman–Crippen MR) is 55.7 cm³/mol. The second-order valence-corrected chi connectivity index (χ2v) is 3.18. The van der Waals surface area contributed by atoms with Gasteiger partial charge in [0.1, 0.15) is 5.82 Å². The molecule has 1 unspecified atom stereocenters. The number of hydrogen-bond acceptors (Lipinski definition) is 4. The molecule has 1 aromatic heterocycles. The molecule has 0 fully saturated rings. The lowest BCUT2D eigenvalue weighted by Crippen LogP contribution is -2.32. The minimum Gasteiger partial charge on any atom is -0.481 e. The van der Waals surface area contributed by atoms with E-state index < -0.39 is 0 Å². The zero-order chi connectivity index (χ0) is 10.6. The number of nitrogens with zero attached hydrogens (tertiary/aromatic N) is 2. The molecule has 1 atom stereocenters. The summed E-state index contributed by atoms with van der Waals surface area (Å²) in [4.78, 5) is 6.16. The predicted octanol–water partition coefficient (Wildman–Crippen LogP) is 0.907. The molecule has 0 saturated carbocycles. The molecule has 0 spiro atoms. The second kappa shape index (κ2) is 4.81. The number of pyridine rings is 1. The van der Waals surface area contributed by atoms with Gasteiger partial charge in [0.25, 0.3) is 0 Å². The summed E-state index contributed by atoms with van der Waals surface area (Å²) in [6, 6.07) is 5.60. The first kappa shape index (κ1) is 10.8. The summed E-state index contributed by atoms with van der Waals surface area (Å²) >= 11 is 0. The Kier molecular flexibility index (Phi) is 3.71. The summed E-state index contributed by atoms with van der Waals surface area (Å²) < 4.78 is 5.02. The van der Waals surface area contributed by atoms with Crippen molar-refractivity contribution in [3.8, 4) is 5.88 Å². The van der Waals surface area contributed by atoms with Crippen LogP contribution in [0.5, 0.6) is 5.88 Å². The lowest BCUT2D eigenvalue weighted by atomic mass is 10.3. The molecule has 0 aliphatic rings. The van der Waals surface area contributed by atoms with E-state index in [0.29, 0.717) is 5.88 Å². The zero-order valence-corrected chi connectivity index (χ0v) is 8.77. The standard InChI is InChI=1S/C10H16N2O2/c1-8(7-13)12(2)9-5-4-6-10(11-9)14-3/h4-6,8,13H,7H2,1-3H3. The van der Waals surface area contributed by atoms with Gasteiger partial charge in [0.05, 0.1) is 19.8 Å². The van der Waals surface area contributed by atoms with Crippen LogP contribution in [-0.2, 0) is 0 Å². The van der Waals surface area contributed by atoms with Crippen LogP contribution >= 0.6 is 0 Å². The van der Waals surface area contributed by atoms with Gasteiger partial charge in [-0.25, -0.2) is 0 Å². The van der Waals surface area contributed by atoms with E-state index in [1.54, 1.807) is 13.2 Å². The molecule has 78 valence electrons. The highest BCUT2D eigenvalue weighted by molar-refractivity contribution is 5.40. The van der Waals surface area contributed by atoms with E-state index >= 15 is 0 Å². The minimum atomic E-state index is 0.0506. The average molecular weight is 196 g/mol. The molecular formula is C10H16N2O2. The van der Waals surface area contributed by atoms with Gasteiger partial charge in [0.15, 0.2) is 0 Å². The van der Waals surface area contributed by atoms with Gasteiger partial charge in [-0.2, -0.15) is 4.98 Å². The van der Waals surface area contributed by atoms with Gasteiger partial charge in [-0.1, -0.05) is 6.07 Å². The molecule has 4 nitrogen and oxygen atoms in total. The fourth-order valence-corrected chi connectivity index (χ4v) is 1.06. The van der Waals surface area contributed by atoms with E-state index in [0.717, 1.165) is 5.82 Å². The topological polar surface area (TPSA) is 45.6 Å². The highest BCUT2D eigenvalue weighted by Gasteiger charge is 2.10. The van der Waals surface area contributed by atoms with E-state index in [1.807, 2.05) is 31.0 Å². The number of rotatable bonds is 4. The Bertz CT molecular complexity index is 291. The smallest absolute Gasteiger partial charge is 0.214 e. The Hall–Kier alpha value is -1.29. The minimum absolute atomic E-state index is 0.0506. The van der Waals surface area contributed by atoms with Crippen LogP contribution in [0.3, 0.4) is 0 Å². The van der Waals surface area contributed by atoms with Gasteiger partial charge in [-0.05, 0) is 13.0 Å². The van der Waals surface area contributed by atoms with Crippen molar-refractivity contribution in [2.45, 2.75) is 13.0 Å². The lowest BCUT2D eigenvalue weighted by Gasteiger charge is -2.24. The van der Waals surface area contributed by atoms with Crippen LogP contribution in [0.4, 0.5) is 5.82 Å². The second-order valence-electron chi connectivity index (χ2n) is 3.18. The number of aliphatic hydroxyl groups is 1. The number of ether oxygens (including phenoxy) is 1. The molecular weight excluding hydrogens is 180 g/mol. The van der Waals surface area contributed by atoms with Crippen molar-refractivity contribution in [1.29, 1.82) is 0 Å². The molecule has 4 heteroatoms. The summed E-state index contributed by atoms with van der Waals surface area (Å²) in [6.07, 6.45) is 0. The van der Waals surface area contributed by atoms with Crippen LogP contribution in [0.2, 0.25) is 0 Å². The van der Waals surface area contributed by atoms with Crippen molar-refractivity contribution >= 4 is 5.82 Å². The van der Waals surface area contributed by atoms with Gasteiger partial charge in [0.2, 0.25) is 5.88 Å². The van der Waals surface area contributed by atoms with E-state index in [4.69, 9.17) is 9.84 Å². The summed E-state index contributed by atoms with van der Waals surface area (Å²) in [5.41, 5.74) is 0. The fraction of sp³-hybridized carbons (Fsp3) is 0.500. The Morgan fingerprint density at radius 3 is 2.86 bits per heavy atom. The number of anilines is 1. The maximum Gasteiger partial charge on any atom is 0.214 e. The highest BCUT2D eigenvalue weighted by Crippen LogP contribution is 2.15. The molecule has 0 amide bonds. The molecule has 0 aliphatic carbocycles. The van der Waals surface area contributed by atoms with Crippen molar-refractivity contribution in [3.63, 3.8) is 0 Å². The average Bonchev–Trinajstić information content (AvgIpc) is 2.27. The summed E-state index contributed by atoms with van der Waals surface area (Å²) in [5.74, 6) is 1.38. The largest absolute Gasteiger partial charge is 0.481 e. The van der Waals surface area contributed by atoms with E-state index in [2.05, 4.69) is 4.98 Å². The van der Waals surface area contributed by atoms with E-state index in [9.17, 15) is 0 Å². The molecule has 1 N–H and O–H groups in total. The normalized spacial score (nSPS) is 12.3. The van der Waals surface area contributed by atoms with Crippen molar-refractivity contribution in [2.75, 3.05) is 25.7 Å². The zero-order valence-electron chi connectivity index (χ0n) is 8.77.